The van der Waals surface area contributed by atoms with Crippen molar-refractivity contribution >= 4 is 11.8 Å². The molecular formula is C10H12N2O2. The van der Waals surface area contributed by atoms with Crippen LogP contribution in [0, 0.1) is 17.2 Å². The van der Waals surface area contributed by atoms with Crippen molar-refractivity contribution in [1.29, 1.82) is 5.26 Å². The molecule has 1 aliphatic heterocycles. The van der Waals surface area contributed by atoms with E-state index in [1.165, 1.54) is 0 Å². The van der Waals surface area contributed by atoms with Crippen LogP contribution >= 0.6 is 0 Å². The highest BCUT2D eigenvalue weighted by Gasteiger charge is 2.33. The van der Waals surface area contributed by atoms with Crippen LogP contribution in [0.4, 0.5) is 0 Å². The number of nitriles is 1. The number of imide groups is 1. The molecule has 2 amide bonds. The molecule has 0 aromatic heterocycles. The van der Waals surface area contributed by atoms with Gasteiger partial charge in [-0.1, -0.05) is 0 Å². The smallest absolute Gasteiger partial charge is 0.256 e. The molecule has 1 heterocycles. The number of amides is 2. The molecule has 4 heteroatoms. The molecule has 0 radical (unpaired) electrons. The van der Waals surface area contributed by atoms with Gasteiger partial charge in [-0.15, -0.1) is 0 Å². The Hall–Kier alpha value is -1.63. The van der Waals surface area contributed by atoms with Crippen molar-refractivity contribution in [1.82, 2.24) is 4.90 Å². The zero-order valence-electron chi connectivity index (χ0n) is 8.50. The highest BCUT2D eigenvalue weighted by atomic mass is 16.2. The van der Waals surface area contributed by atoms with E-state index >= 15 is 0 Å². The molecule has 0 bridgehead atoms. The molecular weight excluding hydrogens is 180 g/mol. The first-order valence-corrected chi connectivity index (χ1v) is 4.42. The molecule has 0 aliphatic carbocycles. The van der Waals surface area contributed by atoms with Gasteiger partial charge in [-0.3, -0.25) is 14.5 Å². The maximum absolute atomic E-state index is 11.5. The lowest BCUT2D eigenvalue weighted by molar-refractivity contribution is -0.137. The molecule has 0 aromatic carbocycles. The highest BCUT2D eigenvalue weighted by molar-refractivity contribution is 6.18. The number of hydrogen-bond acceptors (Lipinski definition) is 3. The minimum absolute atomic E-state index is 0.183. The largest absolute Gasteiger partial charge is 0.274 e. The third-order valence-electron chi connectivity index (χ3n) is 2.37. The van der Waals surface area contributed by atoms with Crippen LogP contribution < -0.4 is 0 Å². The summed E-state index contributed by atoms with van der Waals surface area (Å²) in [5, 5.41) is 8.59. The fourth-order valence-electron chi connectivity index (χ4n) is 1.30. The molecule has 0 fully saturated rings. The first-order valence-electron chi connectivity index (χ1n) is 4.42. The van der Waals surface area contributed by atoms with Gasteiger partial charge in [-0.2, -0.15) is 5.26 Å². The molecule has 14 heavy (non-hydrogen) atoms. The minimum Gasteiger partial charge on any atom is -0.274 e. The van der Waals surface area contributed by atoms with Crippen LogP contribution in [-0.2, 0) is 9.59 Å². The van der Waals surface area contributed by atoms with E-state index in [0.717, 1.165) is 4.90 Å². The van der Waals surface area contributed by atoms with E-state index < -0.39 is 0 Å². The zero-order valence-corrected chi connectivity index (χ0v) is 8.50. The van der Waals surface area contributed by atoms with Crippen LogP contribution in [0.1, 0.15) is 20.8 Å². The second kappa shape index (κ2) is 3.62. The zero-order chi connectivity index (χ0) is 10.9. The summed E-state index contributed by atoms with van der Waals surface area (Å²) < 4.78 is 0. The number of carbonyl (C=O) groups is 2. The first-order chi connectivity index (χ1) is 6.49. The summed E-state index contributed by atoms with van der Waals surface area (Å²) in [6.45, 7) is 5.13. The van der Waals surface area contributed by atoms with Crippen LogP contribution in [0.25, 0.3) is 0 Å². The SMILES string of the molecule is CC1=C(C)C(=O)N(CC(C)C#N)C1=O. The molecule has 74 valence electrons. The second-order valence-corrected chi connectivity index (χ2v) is 3.50. The summed E-state index contributed by atoms with van der Waals surface area (Å²) in [7, 11) is 0. The Bertz CT molecular complexity index is 339. The van der Waals surface area contributed by atoms with Crippen LogP contribution in [-0.4, -0.2) is 23.3 Å². The quantitative estimate of drug-likeness (QED) is 0.609. The monoisotopic (exact) mass is 192 g/mol. The first kappa shape index (κ1) is 10.5. The van der Waals surface area contributed by atoms with Gasteiger partial charge >= 0.3 is 0 Å². The number of hydrogen-bond donors (Lipinski definition) is 0. The van der Waals surface area contributed by atoms with Gasteiger partial charge in [0.05, 0.1) is 12.0 Å². The van der Waals surface area contributed by atoms with Gasteiger partial charge in [0.2, 0.25) is 0 Å². The van der Waals surface area contributed by atoms with E-state index in [1.807, 2.05) is 6.07 Å². The van der Waals surface area contributed by atoms with E-state index in [-0.39, 0.29) is 24.3 Å². The van der Waals surface area contributed by atoms with Crippen molar-refractivity contribution in [3.63, 3.8) is 0 Å². The lowest BCUT2D eigenvalue weighted by Crippen LogP contribution is -2.34. The van der Waals surface area contributed by atoms with E-state index in [2.05, 4.69) is 0 Å². The summed E-state index contributed by atoms with van der Waals surface area (Å²) in [6.07, 6.45) is 0. The van der Waals surface area contributed by atoms with Gasteiger partial charge in [0.25, 0.3) is 11.8 Å². The third-order valence-corrected chi connectivity index (χ3v) is 2.37. The Labute approximate surface area is 82.8 Å². The maximum atomic E-state index is 11.5. The van der Waals surface area contributed by atoms with E-state index in [4.69, 9.17) is 5.26 Å². The molecule has 0 N–H and O–H groups in total. The Morgan fingerprint density at radius 3 is 2.07 bits per heavy atom. The van der Waals surface area contributed by atoms with Gasteiger partial charge in [-0.05, 0) is 20.8 Å². The molecule has 0 aromatic rings. The average molecular weight is 192 g/mol. The highest BCUT2D eigenvalue weighted by Crippen LogP contribution is 2.20. The third kappa shape index (κ3) is 1.53. The Morgan fingerprint density at radius 2 is 1.71 bits per heavy atom. The van der Waals surface area contributed by atoms with Crippen molar-refractivity contribution < 1.29 is 9.59 Å². The minimum atomic E-state index is -0.318. The summed E-state index contributed by atoms with van der Waals surface area (Å²) >= 11 is 0. The van der Waals surface area contributed by atoms with Gasteiger partial charge in [0, 0.05) is 17.7 Å². The molecule has 1 unspecified atom stereocenters. The molecule has 1 rings (SSSR count). The van der Waals surface area contributed by atoms with E-state index in [0.29, 0.717) is 11.1 Å². The van der Waals surface area contributed by atoms with Gasteiger partial charge < -0.3 is 0 Å². The van der Waals surface area contributed by atoms with Crippen LogP contribution in [0.5, 0.6) is 0 Å². The van der Waals surface area contributed by atoms with Gasteiger partial charge in [0.1, 0.15) is 0 Å². The summed E-state index contributed by atoms with van der Waals surface area (Å²) in [5.74, 6) is -0.856. The molecule has 1 atom stereocenters. The Balaban J connectivity index is 2.83. The van der Waals surface area contributed by atoms with Crippen LogP contribution in [0.15, 0.2) is 11.1 Å². The molecule has 0 saturated carbocycles. The number of nitrogens with zero attached hydrogens (tertiary/aromatic N) is 2. The fourth-order valence-corrected chi connectivity index (χ4v) is 1.30. The lowest BCUT2D eigenvalue weighted by atomic mass is 10.2. The van der Waals surface area contributed by atoms with Gasteiger partial charge in [0.15, 0.2) is 0 Å². The predicted octanol–water partition coefficient (Wildman–Crippen LogP) is 0.851. The topological polar surface area (TPSA) is 61.2 Å². The van der Waals surface area contributed by atoms with Gasteiger partial charge in [-0.25, -0.2) is 0 Å². The Morgan fingerprint density at radius 1 is 1.29 bits per heavy atom. The summed E-state index contributed by atoms with van der Waals surface area (Å²) in [4.78, 5) is 24.2. The average Bonchev–Trinajstić information content (AvgIpc) is 2.35. The molecule has 0 spiro atoms. The van der Waals surface area contributed by atoms with Crippen molar-refractivity contribution in [2.75, 3.05) is 6.54 Å². The van der Waals surface area contributed by atoms with Crippen molar-refractivity contribution in [3.8, 4) is 6.07 Å². The normalized spacial score (nSPS) is 18.9. The van der Waals surface area contributed by atoms with E-state index in [9.17, 15) is 9.59 Å². The lowest BCUT2D eigenvalue weighted by Gasteiger charge is -2.15. The van der Waals surface area contributed by atoms with E-state index in [1.54, 1.807) is 20.8 Å². The fraction of sp³-hybridized carbons (Fsp3) is 0.500. The molecule has 0 saturated heterocycles. The van der Waals surface area contributed by atoms with Crippen molar-refractivity contribution in [2.45, 2.75) is 20.8 Å². The maximum Gasteiger partial charge on any atom is 0.256 e. The van der Waals surface area contributed by atoms with Crippen molar-refractivity contribution in [2.24, 2.45) is 5.92 Å². The molecule has 1 aliphatic rings. The van der Waals surface area contributed by atoms with Crippen LogP contribution in [0.2, 0.25) is 0 Å². The summed E-state index contributed by atoms with van der Waals surface area (Å²) in [6, 6.07) is 2.00. The number of rotatable bonds is 2. The van der Waals surface area contributed by atoms with Crippen LogP contribution in [0.3, 0.4) is 0 Å². The molecule has 4 nitrogen and oxygen atoms in total. The standard InChI is InChI=1S/C10H12N2O2/c1-6(4-11)5-12-9(13)7(2)8(3)10(12)14/h6H,5H2,1-3H3. The second-order valence-electron chi connectivity index (χ2n) is 3.50. The predicted molar refractivity (Wildman–Crippen MR) is 49.9 cm³/mol. The summed E-state index contributed by atoms with van der Waals surface area (Å²) in [5.41, 5.74) is 0.972. The van der Waals surface area contributed by atoms with Crippen molar-refractivity contribution in [3.05, 3.63) is 11.1 Å². The Kier molecular flexibility index (Phi) is 2.70. The number of carbonyl (C=O) groups excluding carboxylic acids is 2.